The van der Waals surface area contributed by atoms with E-state index in [0.717, 1.165) is 0 Å². The van der Waals surface area contributed by atoms with Crippen LogP contribution in [0.3, 0.4) is 0 Å². The molecule has 0 amide bonds. The Balaban J connectivity index is -0.0000000128. The molecule has 0 aromatic heterocycles. The van der Waals surface area contributed by atoms with Crippen molar-refractivity contribution in [1.29, 1.82) is 0 Å². The predicted molar refractivity (Wildman–Crippen MR) is 30.6 cm³/mol. The van der Waals surface area contributed by atoms with Crippen molar-refractivity contribution >= 4 is 20.8 Å². The third-order valence-corrected chi connectivity index (χ3v) is 0. The summed E-state index contributed by atoms with van der Waals surface area (Å²) >= 11 is 0. The van der Waals surface area contributed by atoms with Crippen molar-refractivity contribution < 1.29 is 158 Å². The van der Waals surface area contributed by atoms with E-state index in [4.69, 9.17) is 35.0 Å². The number of hydrogen-bond donors (Lipinski definition) is 4. The van der Waals surface area contributed by atoms with Gasteiger partial charge in [-0.25, -0.2) is 0 Å². The first kappa shape index (κ1) is 30.0. The van der Waals surface area contributed by atoms with Gasteiger partial charge in [-0.2, -0.15) is 16.8 Å². The topological polar surface area (TPSA) is 149 Å². The van der Waals surface area contributed by atoms with E-state index in [1.807, 2.05) is 0 Å². The summed E-state index contributed by atoms with van der Waals surface area (Å²) in [7, 11) is -9.33. The summed E-state index contributed by atoms with van der Waals surface area (Å²) in [5.41, 5.74) is 0. The summed E-state index contributed by atoms with van der Waals surface area (Å²) in [5, 5.41) is 0. The van der Waals surface area contributed by atoms with Crippen molar-refractivity contribution in [2.45, 2.75) is 0 Å². The van der Waals surface area contributed by atoms with Crippen LogP contribution < -0.4 is 103 Å². The molecule has 0 heterocycles. The maximum Gasteiger partial charge on any atom is 1.00 e. The first-order valence-corrected chi connectivity index (χ1v) is 4.19. The zero-order chi connectivity index (χ0) is 9.00. The Kier molecular flexibility index (Phi) is 31.4. The molecular weight excluding hydrogens is 334 g/mol. The van der Waals surface area contributed by atoms with Crippen molar-refractivity contribution in [2.24, 2.45) is 0 Å². The van der Waals surface area contributed by atoms with Crippen LogP contribution in [-0.4, -0.2) is 35.0 Å². The van der Waals surface area contributed by atoms with Crippen LogP contribution in [-0.2, 0) is 37.9 Å². The number of hydrogen-bond acceptors (Lipinski definition) is 4. The van der Waals surface area contributed by atoms with Gasteiger partial charge in [-0.05, 0) is 0 Å². The van der Waals surface area contributed by atoms with E-state index < -0.39 is 20.8 Å². The minimum Gasteiger partial charge on any atom is -1.00 e. The molecule has 13 heavy (non-hydrogen) atoms. The maximum atomic E-state index is 8.74. The van der Waals surface area contributed by atoms with Gasteiger partial charge in [0.25, 0.3) is 0 Å². The molecule has 0 aromatic carbocycles. The van der Waals surface area contributed by atoms with Crippen molar-refractivity contribution in [3.63, 3.8) is 0 Å². The fourth-order valence-electron chi connectivity index (χ4n) is 0. The molecule has 0 aliphatic rings. The van der Waals surface area contributed by atoms with Gasteiger partial charge in [0.1, 0.15) is 0 Å². The maximum absolute atomic E-state index is 8.74. The van der Waals surface area contributed by atoms with Gasteiger partial charge >= 0.3 is 124 Å². The van der Waals surface area contributed by atoms with Gasteiger partial charge in [0.2, 0.25) is 0 Å². The van der Waals surface area contributed by atoms with Gasteiger partial charge in [0.15, 0.2) is 0 Å². The molecule has 13 heteroatoms. The molecule has 0 rings (SSSR count). The van der Waals surface area contributed by atoms with Crippen molar-refractivity contribution in [1.82, 2.24) is 0 Å². The summed E-state index contributed by atoms with van der Waals surface area (Å²) in [4.78, 5) is 0. The second kappa shape index (κ2) is 13.6. The molecule has 0 unspecified atom stereocenters. The van der Waals surface area contributed by atoms with E-state index >= 15 is 0 Å². The molecule has 0 saturated heterocycles. The Morgan fingerprint density at radius 3 is 0.692 bits per heavy atom. The molecular formula is H6CuK2O8S2. The van der Waals surface area contributed by atoms with Crippen LogP contribution in [0.2, 0.25) is 0 Å². The van der Waals surface area contributed by atoms with E-state index in [-0.39, 0.29) is 123 Å². The smallest absolute Gasteiger partial charge is 1.00 e. The molecule has 0 fully saturated rings. The number of rotatable bonds is 0. The van der Waals surface area contributed by atoms with Crippen molar-refractivity contribution in [2.75, 3.05) is 0 Å². The predicted octanol–water partition coefficient (Wildman–Crippen LogP) is -7.08. The van der Waals surface area contributed by atoms with E-state index in [9.17, 15) is 0 Å². The molecule has 0 aliphatic carbocycles. The SMILES string of the molecule is O=S(=O)(O)O.O=S(=O)(O)O.[Cu].[H-].[H-].[K+].[K+]. The zero-order valence-electron chi connectivity index (χ0n) is 8.54. The summed E-state index contributed by atoms with van der Waals surface area (Å²) in [6.45, 7) is 0. The second-order valence-corrected chi connectivity index (χ2v) is 2.69. The summed E-state index contributed by atoms with van der Waals surface area (Å²) in [6, 6.07) is 0. The average Bonchev–Trinajstić information content (AvgIpc) is 1.12. The van der Waals surface area contributed by atoms with Crippen LogP contribution in [0.4, 0.5) is 0 Å². The quantitative estimate of drug-likeness (QED) is 0.251. The van der Waals surface area contributed by atoms with Crippen LogP contribution in [0, 0.1) is 0 Å². The Labute approximate surface area is 174 Å². The normalized spacial score (nSPS) is 8.92. The van der Waals surface area contributed by atoms with Crippen LogP contribution in [0.25, 0.3) is 0 Å². The minimum atomic E-state index is -4.67. The Bertz CT molecular complexity index is 225. The minimum absolute atomic E-state index is 0. The molecule has 0 atom stereocenters. The summed E-state index contributed by atoms with van der Waals surface area (Å²) in [6.07, 6.45) is 0. The Hall–Kier alpha value is 3.53. The van der Waals surface area contributed by atoms with Crippen LogP contribution >= 0.6 is 0 Å². The van der Waals surface area contributed by atoms with Gasteiger partial charge in [0.05, 0.1) is 0 Å². The van der Waals surface area contributed by atoms with Gasteiger partial charge in [-0.15, -0.1) is 0 Å². The van der Waals surface area contributed by atoms with Gasteiger partial charge in [-0.1, -0.05) is 0 Å². The van der Waals surface area contributed by atoms with Crippen LogP contribution in [0.5, 0.6) is 0 Å². The van der Waals surface area contributed by atoms with E-state index in [0.29, 0.717) is 0 Å². The standard InChI is InChI=1S/Cu.2K.2H2O4S.2H/c;;;2*1-5(2,3)4;;/h;;;2*(H2,1,2,3,4);;/q;2*+1;;;2*-1. The van der Waals surface area contributed by atoms with Crippen LogP contribution in [0.1, 0.15) is 2.85 Å². The molecule has 79 valence electrons. The summed E-state index contributed by atoms with van der Waals surface area (Å²) < 4.78 is 63.2. The molecule has 0 bridgehead atoms. The van der Waals surface area contributed by atoms with Gasteiger partial charge < -0.3 is 2.85 Å². The first-order valence-electron chi connectivity index (χ1n) is 1.40. The zero-order valence-corrected chi connectivity index (χ0v) is 15.4. The average molecular weight is 340 g/mol. The molecule has 1 radical (unpaired) electrons. The third-order valence-electron chi connectivity index (χ3n) is 0. The first-order chi connectivity index (χ1) is 4.00. The molecule has 0 aliphatic heterocycles. The molecule has 0 spiro atoms. The fourth-order valence-corrected chi connectivity index (χ4v) is 0. The molecule has 4 N–H and O–H groups in total. The monoisotopic (exact) mass is 339 g/mol. The largest absolute Gasteiger partial charge is 1.00 e. The molecule has 0 saturated carbocycles. The second-order valence-electron chi connectivity index (χ2n) is 0.896. The Morgan fingerprint density at radius 2 is 0.692 bits per heavy atom. The van der Waals surface area contributed by atoms with Crippen LogP contribution in [0.15, 0.2) is 0 Å². The Morgan fingerprint density at radius 1 is 0.692 bits per heavy atom. The van der Waals surface area contributed by atoms with Crippen molar-refractivity contribution in [3.05, 3.63) is 0 Å². The van der Waals surface area contributed by atoms with E-state index in [1.165, 1.54) is 0 Å². The van der Waals surface area contributed by atoms with Crippen molar-refractivity contribution in [3.8, 4) is 0 Å². The van der Waals surface area contributed by atoms with E-state index in [2.05, 4.69) is 0 Å². The van der Waals surface area contributed by atoms with Gasteiger partial charge in [0, 0.05) is 17.1 Å². The third kappa shape index (κ3) is 228. The summed E-state index contributed by atoms with van der Waals surface area (Å²) in [5.74, 6) is 0. The molecule has 8 nitrogen and oxygen atoms in total. The molecule has 0 aromatic rings. The fraction of sp³-hybridized carbons (Fsp3) is 0. The van der Waals surface area contributed by atoms with E-state index in [1.54, 1.807) is 0 Å². The van der Waals surface area contributed by atoms with Gasteiger partial charge in [-0.3, -0.25) is 18.2 Å².